The Hall–Kier alpha value is -2.13. The third-order valence-electron chi connectivity index (χ3n) is 1.73. The normalized spacial score (nSPS) is 9.94. The van der Waals surface area contributed by atoms with Gasteiger partial charge in [-0.15, -0.1) is 5.11 Å². The third-order valence-corrected chi connectivity index (χ3v) is 1.84. The number of hydrogen-bond donors (Lipinski definition) is 0. The minimum absolute atomic E-state index is 0.241. The Labute approximate surface area is 103 Å². The van der Waals surface area contributed by atoms with Crippen molar-refractivity contribution in [2.75, 3.05) is 13.1 Å². The maximum atomic E-state index is 11.1. The largest absolute Gasteiger partial charge is 0.432 e. The Kier molecular flexibility index (Phi) is 4.91. The summed E-state index contributed by atoms with van der Waals surface area (Å²) in [5, 5.41) is 16.9. The van der Waals surface area contributed by atoms with Crippen molar-refractivity contribution in [2.45, 2.75) is 0 Å². The fourth-order valence-corrected chi connectivity index (χ4v) is 0.991. The van der Waals surface area contributed by atoms with Crippen LogP contribution in [0, 0.1) is 11.3 Å². The number of ether oxygens (including phenoxy) is 1. The summed E-state index contributed by atoms with van der Waals surface area (Å²) >= 11 is 5.22. The molecule has 0 bridgehead atoms. The molecule has 1 amide bonds. The summed E-state index contributed by atoms with van der Waals surface area (Å²) in [5.74, 6) is 0. The molecule has 0 aliphatic heterocycles. The van der Waals surface area contributed by atoms with E-state index in [1.165, 1.54) is 7.05 Å². The average Bonchev–Trinajstić information content (AvgIpc) is 2.36. The van der Waals surface area contributed by atoms with Crippen molar-refractivity contribution in [3.63, 3.8) is 0 Å². The van der Waals surface area contributed by atoms with E-state index < -0.39 is 6.09 Å². The highest BCUT2D eigenvalue weighted by molar-refractivity contribution is 6.17. The summed E-state index contributed by atoms with van der Waals surface area (Å²) in [5.41, 5.74) is 1.05. The number of nitriles is 1. The number of hydrogen-bond acceptors (Lipinski definition) is 5. The lowest BCUT2D eigenvalue weighted by molar-refractivity contribution is 0.126. The van der Waals surface area contributed by atoms with Crippen molar-refractivity contribution in [3.8, 4) is 6.07 Å². The number of carbonyl (C=O) groups excluding carboxylic acids is 1. The van der Waals surface area contributed by atoms with Gasteiger partial charge < -0.3 is 4.74 Å². The number of alkyl halides is 1. The van der Waals surface area contributed by atoms with E-state index in [-0.39, 0.29) is 6.07 Å². The van der Waals surface area contributed by atoms with Gasteiger partial charge >= 0.3 is 6.09 Å². The van der Waals surface area contributed by atoms with Crippen LogP contribution < -0.4 is 0 Å². The SMILES string of the molecule is CN(N=Nc1ccc(C#N)cc1)C(=O)OCCl. The van der Waals surface area contributed by atoms with Crippen LogP contribution in [0.5, 0.6) is 0 Å². The Balaban J connectivity index is 2.64. The lowest BCUT2D eigenvalue weighted by Gasteiger charge is -2.07. The maximum absolute atomic E-state index is 11.1. The van der Waals surface area contributed by atoms with E-state index in [1.54, 1.807) is 24.3 Å². The molecule has 0 N–H and O–H groups in total. The van der Waals surface area contributed by atoms with Gasteiger partial charge in [-0.2, -0.15) is 10.3 Å². The van der Waals surface area contributed by atoms with Crippen LogP contribution in [0.4, 0.5) is 10.5 Å². The van der Waals surface area contributed by atoms with Crippen LogP contribution in [-0.4, -0.2) is 24.2 Å². The number of benzene rings is 1. The summed E-state index contributed by atoms with van der Waals surface area (Å²) in [6, 6.07) is 8.17. The monoisotopic (exact) mass is 252 g/mol. The topological polar surface area (TPSA) is 78.0 Å². The molecule has 6 nitrogen and oxygen atoms in total. The smallest absolute Gasteiger partial charge is 0.432 e. The first-order valence-electron chi connectivity index (χ1n) is 4.55. The van der Waals surface area contributed by atoms with Crippen LogP contribution in [-0.2, 0) is 4.74 Å². The molecule has 0 heterocycles. The molecule has 7 heteroatoms. The maximum Gasteiger partial charge on any atom is 0.432 e. The zero-order valence-electron chi connectivity index (χ0n) is 9.00. The van der Waals surface area contributed by atoms with Crippen molar-refractivity contribution >= 4 is 23.4 Å². The average molecular weight is 253 g/mol. The van der Waals surface area contributed by atoms with Gasteiger partial charge in [0.1, 0.15) is 0 Å². The summed E-state index contributed by atoms with van der Waals surface area (Å²) < 4.78 is 4.48. The quantitative estimate of drug-likeness (QED) is 0.471. The van der Waals surface area contributed by atoms with Gasteiger partial charge in [-0.1, -0.05) is 16.8 Å². The molecular formula is C10H9ClN4O2. The highest BCUT2D eigenvalue weighted by atomic mass is 35.5. The molecule has 0 radical (unpaired) electrons. The first-order chi connectivity index (χ1) is 8.17. The van der Waals surface area contributed by atoms with E-state index >= 15 is 0 Å². The molecule has 0 aromatic heterocycles. The summed E-state index contributed by atoms with van der Waals surface area (Å²) in [7, 11) is 1.39. The zero-order chi connectivity index (χ0) is 12.7. The molecular weight excluding hydrogens is 244 g/mol. The van der Waals surface area contributed by atoms with Crippen LogP contribution in [0.15, 0.2) is 34.6 Å². The second kappa shape index (κ2) is 6.45. The Morgan fingerprint density at radius 1 is 1.53 bits per heavy atom. The van der Waals surface area contributed by atoms with Crippen molar-refractivity contribution in [3.05, 3.63) is 29.8 Å². The predicted octanol–water partition coefficient (Wildman–Crippen LogP) is 2.82. The van der Waals surface area contributed by atoms with Crippen molar-refractivity contribution in [1.29, 1.82) is 5.26 Å². The highest BCUT2D eigenvalue weighted by Gasteiger charge is 2.07. The minimum atomic E-state index is -0.697. The van der Waals surface area contributed by atoms with Crippen LogP contribution in [0.1, 0.15) is 5.56 Å². The van der Waals surface area contributed by atoms with Gasteiger partial charge in [-0.05, 0) is 24.3 Å². The van der Waals surface area contributed by atoms with E-state index in [0.29, 0.717) is 11.3 Å². The van der Waals surface area contributed by atoms with Crippen LogP contribution >= 0.6 is 11.6 Å². The third kappa shape index (κ3) is 4.09. The lowest BCUT2D eigenvalue weighted by Crippen LogP contribution is -2.20. The number of rotatable bonds is 3. The molecule has 0 spiro atoms. The molecule has 0 aliphatic carbocycles. The van der Waals surface area contributed by atoms with Crippen LogP contribution in [0.2, 0.25) is 0 Å². The van der Waals surface area contributed by atoms with Crippen LogP contribution in [0.25, 0.3) is 0 Å². The predicted molar refractivity (Wildman–Crippen MR) is 60.6 cm³/mol. The van der Waals surface area contributed by atoms with E-state index in [0.717, 1.165) is 5.01 Å². The van der Waals surface area contributed by atoms with Gasteiger partial charge in [0.15, 0.2) is 6.07 Å². The molecule has 0 aliphatic rings. The molecule has 0 unspecified atom stereocenters. The second-order valence-corrected chi connectivity index (χ2v) is 3.11. The second-order valence-electron chi connectivity index (χ2n) is 2.89. The first kappa shape index (κ1) is 12.9. The van der Waals surface area contributed by atoms with E-state index in [4.69, 9.17) is 16.9 Å². The summed E-state index contributed by atoms with van der Waals surface area (Å²) in [4.78, 5) is 11.1. The van der Waals surface area contributed by atoms with Gasteiger partial charge in [0, 0.05) is 7.05 Å². The van der Waals surface area contributed by atoms with Crippen LogP contribution in [0.3, 0.4) is 0 Å². The lowest BCUT2D eigenvalue weighted by atomic mass is 10.2. The number of halogens is 1. The van der Waals surface area contributed by atoms with Gasteiger partial charge in [0.2, 0.25) is 0 Å². The highest BCUT2D eigenvalue weighted by Crippen LogP contribution is 2.13. The molecule has 0 fully saturated rings. The number of amides is 1. The van der Waals surface area contributed by atoms with Gasteiger partial charge in [-0.25, -0.2) is 4.79 Å². The fraction of sp³-hybridized carbons (Fsp3) is 0.200. The Bertz CT molecular complexity index is 452. The fourth-order valence-electron chi connectivity index (χ4n) is 0.898. The molecule has 0 saturated carbocycles. The number of nitrogens with zero attached hydrogens (tertiary/aromatic N) is 4. The Morgan fingerprint density at radius 3 is 2.71 bits per heavy atom. The summed E-state index contributed by atoms with van der Waals surface area (Å²) in [6.07, 6.45) is -0.697. The van der Waals surface area contributed by atoms with E-state index in [2.05, 4.69) is 15.1 Å². The standard InChI is InChI=1S/C10H9ClN4O2/c1-15(10(16)17-7-11)14-13-9-4-2-8(6-12)3-5-9/h2-5H,7H2,1H3. The Morgan fingerprint density at radius 2 is 2.18 bits per heavy atom. The van der Waals surface area contributed by atoms with Crippen molar-refractivity contribution in [2.24, 2.45) is 10.3 Å². The van der Waals surface area contributed by atoms with E-state index in [9.17, 15) is 4.79 Å². The molecule has 88 valence electrons. The van der Waals surface area contributed by atoms with Crippen molar-refractivity contribution in [1.82, 2.24) is 5.01 Å². The number of carbonyl (C=O) groups is 1. The van der Waals surface area contributed by atoms with Crippen molar-refractivity contribution < 1.29 is 9.53 Å². The van der Waals surface area contributed by atoms with E-state index in [1.807, 2.05) is 6.07 Å². The molecule has 17 heavy (non-hydrogen) atoms. The van der Waals surface area contributed by atoms with Gasteiger partial charge in [0.25, 0.3) is 0 Å². The molecule has 0 atom stereocenters. The zero-order valence-corrected chi connectivity index (χ0v) is 9.76. The van der Waals surface area contributed by atoms with Gasteiger partial charge in [-0.3, -0.25) is 0 Å². The first-order valence-corrected chi connectivity index (χ1v) is 5.09. The minimum Gasteiger partial charge on any atom is -0.432 e. The van der Waals surface area contributed by atoms with Gasteiger partial charge in [0.05, 0.1) is 17.3 Å². The molecule has 0 saturated heterocycles. The molecule has 1 aromatic carbocycles. The molecule has 1 rings (SSSR count). The molecule has 1 aromatic rings. The summed E-state index contributed by atoms with van der Waals surface area (Å²) in [6.45, 7) is 0.